The number of likely N-dealkylation sites (N-methyl/N-ethyl adjacent to an activating group) is 2. The van der Waals surface area contributed by atoms with Gasteiger partial charge in [-0.1, -0.05) is 47.9 Å². The lowest BCUT2D eigenvalue weighted by molar-refractivity contribution is 0.190. The molecule has 2 rings (SSSR count). The Kier molecular flexibility index (Phi) is 10.3. The fraction of sp³-hybridized carbons (Fsp3) is 0.889. The highest BCUT2D eigenvalue weighted by Crippen LogP contribution is 2.37. The molecular weight excluding hydrogens is 311 g/mol. The summed E-state index contributed by atoms with van der Waals surface area (Å²) in [5.41, 5.74) is -0.101. The summed E-state index contributed by atoms with van der Waals surface area (Å²) in [6.07, 6.45) is 4.30. The topological polar surface area (TPSA) is 40.4 Å². The molecule has 1 atom stereocenters. The summed E-state index contributed by atoms with van der Waals surface area (Å²) < 4.78 is 2.03. The van der Waals surface area contributed by atoms with Crippen LogP contribution in [0.15, 0.2) is 6.33 Å². The molecule has 0 aromatic carbocycles. The van der Waals surface area contributed by atoms with Crippen LogP contribution >= 0.6 is 0 Å². The average molecular weight is 352 g/mol. The molecule has 0 saturated carbocycles. The van der Waals surface area contributed by atoms with Crippen molar-refractivity contribution >= 4 is 12.9 Å². The van der Waals surface area contributed by atoms with Gasteiger partial charge < -0.3 is 14.5 Å². The Hall–Kier alpha value is -1.08. The van der Waals surface area contributed by atoms with E-state index in [1.165, 1.54) is 12.8 Å². The summed E-state index contributed by atoms with van der Waals surface area (Å²) in [5, 5.41) is 4.40. The normalized spacial score (nSPS) is 17.6. The molecular formula is C18H41BN6. The molecule has 0 N–H and O–H groups in total. The van der Waals surface area contributed by atoms with Crippen LogP contribution in [-0.2, 0) is 5.54 Å². The summed E-state index contributed by atoms with van der Waals surface area (Å²) >= 11 is 0. The molecule has 0 aliphatic carbocycles. The van der Waals surface area contributed by atoms with Crippen LogP contribution in [0.3, 0.4) is 0 Å². The predicted octanol–water partition coefficient (Wildman–Crippen LogP) is 3.62. The quantitative estimate of drug-likeness (QED) is 0.757. The molecule has 1 aliphatic rings. The number of anilines is 1. The van der Waals surface area contributed by atoms with Gasteiger partial charge in [-0.15, -0.1) is 0 Å². The van der Waals surface area contributed by atoms with Crippen molar-refractivity contribution in [1.29, 1.82) is 0 Å². The second-order valence-electron chi connectivity index (χ2n) is 7.10. The second kappa shape index (κ2) is 10.8. The monoisotopic (exact) mass is 352 g/mol. The maximum atomic E-state index is 4.40. The highest BCUT2D eigenvalue weighted by molar-refractivity contribution is 6.51. The lowest BCUT2D eigenvalue weighted by Gasteiger charge is -2.42. The fourth-order valence-electron chi connectivity index (χ4n) is 3.40. The van der Waals surface area contributed by atoms with Crippen molar-refractivity contribution in [2.75, 3.05) is 32.6 Å². The van der Waals surface area contributed by atoms with Crippen LogP contribution in [0.5, 0.6) is 0 Å². The smallest absolute Gasteiger partial charge is 0.308 e. The molecule has 25 heavy (non-hydrogen) atoms. The molecule has 0 spiro atoms. The zero-order valence-electron chi connectivity index (χ0n) is 18.5. The summed E-state index contributed by atoms with van der Waals surface area (Å²) in [6.45, 7) is 18.6. The summed E-state index contributed by atoms with van der Waals surface area (Å²) in [4.78, 5) is 11.4. The number of aromatic nitrogens is 3. The van der Waals surface area contributed by atoms with Gasteiger partial charge >= 0.3 is 6.98 Å². The maximum Gasteiger partial charge on any atom is 0.308 e. The zero-order chi connectivity index (χ0) is 19.8. The van der Waals surface area contributed by atoms with Crippen LogP contribution < -0.4 is 4.90 Å². The van der Waals surface area contributed by atoms with E-state index in [2.05, 4.69) is 87.2 Å². The van der Waals surface area contributed by atoms with E-state index in [0.717, 1.165) is 12.5 Å². The highest BCUT2D eigenvalue weighted by atomic mass is 15.6. The van der Waals surface area contributed by atoms with E-state index < -0.39 is 0 Å². The number of hydrogen-bond acceptors (Lipinski definition) is 5. The minimum absolute atomic E-state index is 0.101. The Bertz CT molecular complexity index is 476. The van der Waals surface area contributed by atoms with Crippen LogP contribution in [0.4, 0.5) is 5.95 Å². The van der Waals surface area contributed by atoms with Crippen molar-refractivity contribution in [2.45, 2.75) is 79.8 Å². The number of hydrogen-bond donors (Lipinski definition) is 0. The molecule has 0 fully saturated rings. The van der Waals surface area contributed by atoms with Crippen LogP contribution in [-0.4, -0.2) is 65.2 Å². The molecule has 0 saturated heterocycles. The third kappa shape index (κ3) is 5.20. The molecule has 0 bridgehead atoms. The molecule has 2 heterocycles. The van der Waals surface area contributed by atoms with Crippen molar-refractivity contribution in [3.05, 3.63) is 6.33 Å². The molecule has 0 amide bonds. The first-order chi connectivity index (χ1) is 11.7. The summed E-state index contributed by atoms with van der Waals surface area (Å²) in [5.74, 6) is 0.942. The van der Waals surface area contributed by atoms with Crippen molar-refractivity contribution in [2.24, 2.45) is 0 Å². The van der Waals surface area contributed by atoms with Gasteiger partial charge in [0.2, 0.25) is 5.95 Å². The first-order valence-corrected chi connectivity index (χ1v) is 9.79. The van der Waals surface area contributed by atoms with E-state index in [-0.39, 0.29) is 11.7 Å². The lowest BCUT2D eigenvalue weighted by Crippen LogP contribution is -2.61. The van der Waals surface area contributed by atoms with E-state index in [9.17, 15) is 0 Å². The highest BCUT2D eigenvalue weighted by Gasteiger charge is 2.48. The molecule has 1 unspecified atom stereocenters. The second-order valence-corrected chi connectivity index (χ2v) is 7.10. The molecule has 1 aromatic rings. The predicted molar refractivity (Wildman–Crippen MR) is 111 cm³/mol. The van der Waals surface area contributed by atoms with Gasteiger partial charge in [0.15, 0.2) is 0 Å². The van der Waals surface area contributed by atoms with Crippen molar-refractivity contribution in [1.82, 2.24) is 24.4 Å². The van der Waals surface area contributed by atoms with Crippen molar-refractivity contribution in [3.8, 4) is 0 Å². The van der Waals surface area contributed by atoms with Crippen LogP contribution in [0.25, 0.3) is 0 Å². The lowest BCUT2D eigenvalue weighted by atomic mass is 9.73. The van der Waals surface area contributed by atoms with Gasteiger partial charge in [0.05, 0.1) is 5.54 Å². The Morgan fingerprint density at radius 2 is 1.72 bits per heavy atom. The van der Waals surface area contributed by atoms with Gasteiger partial charge in [0.1, 0.15) is 12.5 Å². The standard InChI is InChI=1S/C13H27BN6.C3H8.C2H6/c1-8-9-17(5)14(4)19(7)11-13(2,3)20-12(18(11)6)15-10-16-20;1-3-2;1-2/h10-11H,8-9H2,1-7H3;3H2,1-2H3;1-2H3. The molecule has 0 radical (unpaired) electrons. The summed E-state index contributed by atoms with van der Waals surface area (Å²) in [7, 11) is 6.47. The average Bonchev–Trinajstić information content (AvgIpc) is 3.13. The van der Waals surface area contributed by atoms with E-state index >= 15 is 0 Å². The minimum atomic E-state index is -0.101. The fourth-order valence-corrected chi connectivity index (χ4v) is 3.40. The van der Waals surface area contributed by atoms with Gasteiger partial charge in [-0.25, -0.2) is 4.68 Å². The van der Waals surface area contributed by atoms with Crippen LogP contribution in [0.2, 0.25) is 6.82 Å². The number of rotatable bonds is 5. The van der Waals surface area contributed by atoms with Gasteiger partial charge in [-0.05, 0) is 40.9 Å². The first-order valence-electron chi connectivity index (χ1n) is 9.79. The third-order valence-electron chi connectivity index (χ3n) is 4.58. The molecule has 1 aliphatic heterocycles. The van der Waals surface area contributed by atoms with E-state index in [1.54, 1.807) is 6.33 Å². The SMILES string of the molecule is CC.CCC.CCCN(C)B(C)N(C)C1N(C)c2ncnn2C1(C)C. The third-order valence-corrected chi connectivity index (χ3v) is 4.58. The van der Waals surface area contributed by atoms with Crippen LogP contribution in [0.1, 0.15) is 61.3 Å². The molecule has 146 valence electrons. The van der Waals surface area contributed by atoms with E-state index in [4.69, 9.17) is 0 Å². The Labute approximate surface area is 156 Å². The summed E-state index contributed by atoms with van der Waals surface area (Å²) in [6, 6.07) is 0. The van der Waals surface area contributed by atoms with Gasteiger partial charge in [0, 0.05) is 7.05 Å². The van der Waals surface area contributed by atoms with Crippen molar-refractivity contribution < 1.29 is 0 Å². The maximum absolute atomic E-state index is 4.40. The van der Waals surface area contributed by atoms with Gasteiger partial charge in [0.25, 0.3) is 0 Å². The zero-order valence-corrected chi connectivity index (χ0v) is 18.5. The number of nitrogens with zero attached hydrogens (tertiary/aromatic N) is 6. The van der Waals surface area contributed by atoms with E-state index in [0.29, 0.717) is 6.98 Å². The van der Waals surface area contributed by atoms with Gasteiger partial charge in [-0.2, -0.15) is 10.1 Å². The van der Waals surface area contributed by atoms with E-state index in [1.807, 2.05) is 18.5 Å². The molecule has 6 nitrogen and oxygen atoms in total. The van der Waals surface area contributed by atoms with Crippen LogP contribution in [0, 0.1) is 0 Å². The molecule has 7 heteroatoms. The largest absolute Gasteiger partial charge is 0.331 e. The Balaban J connectivity index is 0.00000104. The Morgan fingerprint density at radius 3 is 2.16 bits per heavy atom. The van der Waals surface area contributed by atoms with Gasteiger partial charge in [-0.3, -0.25) is 0 Å². The van der Waals surface area contributed by atoms with Crippen molar-refractivity contribution in [3.63, 3.8) is 0 Å². The molecule has 1 aromatic heterocycles. The minimum Gasteiger partial charge on any atom is -0.331 e. The first kappa shape index (κ1) is 23.9. The Morgan fingerprint density at radius 1 is 1.20 bits per heavy atom. The number of fused-ring (bicyclic) bond motifs is 1.